The molecule has 0 spiro atoms. The summed E-state index contributed by atoms with van der Waals surface area (Å²) in [5, 5.41) is 3.99. The van der Waals surface area contributed by atoms with E-state index in [9.17, 15) is 9.18 Å². The Morgan fingerprint density at radius 1 is 1.03 bits per heavy atom. The van der Waals surface area contributed by atoms with Gasteiger partial charge in [0.25, 0.3) is 5.91 Å². The average molecular weight is 534 g/mol. The van der Waals surface area contributed by atoms with Gasteiger partial charge in [0.05, 0.1) is 24.0 Å². The Morgan fingerprint density at radius 3 is 2.55 bits per heavy atom. The van der Waals surface area contributed by atoms with E-state index in [4.69, 9.17) is 14.2 Å². The fourth-order valence-corrected chi connectivity index (χ4v) is 3.24. The average Bonchev–Trinajstić information content (AvgIpc) is 2.79. The van der Waals surface area contributed by atoms with Crippen LogP contribution >= 0.6 is 22.6 Å². The third-order valence-corrected chi connectivity index (χ3v) is 5.21. The van der Waals surface area contributed by atoms with E-state index in [1.807, 2.05) is 0 Å². The van der Waals surface area contributed by atoms with E-state index < -0.39 is 0 Å². The van der Waals surface area contributed by atoms with Crippen LogP contribution in [0.15, 0.2) is 65.8 Å². The van der Waals surface area contributed by atoms with Gasteiger partial charge in [-0.05, 0) is 70.6 Å². The summed E-state index contributed by atoms with van der Waals surface area (Å²) < 4.78 is 30.9. The first kappa shape index (κ1) is 22.5. The van der Waals surface area contributed by atoms with Crippen LogP contribution in [-0.4, -0.2) is 26.3 Å². The Kier molecular flexibility index (Phi) is 7.82. The summed E-state index contributed by atoms with van der Waals surface area (Å²) in [6.45, 7) is 0.0754. The smallest absolute Gasteiger partial charge is 0.271 e. The van der Waals surface area contributed by atoms with Crippen LogP contribution in [-0.2, 0) is 6.61 Å². The number of nitrogens with zero attached hydrogens (tertiary/aromatic N) is 1. The normalized spacial score (nSPS) is 10.7. The van der Waals surface area contributed by atoms with Crippen molar-refractivity contribution in [3.05, 3.63) is 86.7 Å². The summed E-state index contributed by atoms with van der Waals surface area (Å²) in [7, 11) is 3.06. The van der Waals surface area contributed by atoms with E-state index in [2.05, 4.69) is 33.1 Å². The molecule has 0 radical (unpaired) electrons. The van der Waals surface area contributed by atoms with Crippen molar-refractivity contribution in [2.24, 2.45) is 5.10 Å². The second-order valence-electron chi connectivity index (χ2n) is 6.34. The molecule has 0 heterocycles. The second-order valence-corrected chi connectivity index (χ2v) is 7.50. The number of rotatable bonds is 8. The lowest BCUT2D eigenvalue weighted by molar-refractivity contribution is 0.0954. The van der Waals surface area contributed by atoms with Crippen molar-refractivity contribution in [1.29, 1.82) is 0 Å². The fraction of sp³-hybridized carbons (Fsp3) is 0.130. The topological polar surface area (TPSA) is 69.2 Å². The van der Waals surface area contributed by atoms with Crippen molar-refractivity contribution < 1.29 is 23.4 Å². The van der Waals surface area contributed by atoms with Crippen molar-refractivity contribution >= 4 is 34.7 Å². The van der Waals surface area contributed by atoms with Crippen LogP contribution in [0.4, 0.5) is 4.39 Å². The highest BCUT2D eigenvalue weighted by Crippen LogP contribution is 2.28. The van der Waals surface area contributed by atoms with E-state index >= 15 is 0 Å². The van der Waals surface area contributed by atoms with Gasteiger partial charge >= 0.3 is 0 Å². The molecule has 6 nitrogen and oxygen atoms in total. The number of benzene rings is 3. The molecule has 1 N–H and O–H groups in total. The molecule has 0 aromatic heterocycles. The van der Waals surface area contributed by atoms with E-state index in [0.29, 0.717) is 33.9 Å². The predicted molar refractivity (Wildman–Crippen MR) is 124 cm³/mol. The van der Waals surface area contributed by atoms with Crippen LogP contribution < -0.4 is 19.6 Å². The predicted octanol–water partition coefficient (Wildman–Crippen LogP) is 4.79. The van der Waals surface area contributed by atoms with Gasteiger partial charge < -0.3 is 14.2 Å². The summed E-state index contributed by atoms with van der Waals surface area (Å²) in [5.41, 5.74) is 4.06. The molecule has 0 saturated carbocycles. The molecule has 0 atom stereocenters. The van der Waals surface area contributed by atoms with Gasteiger partial charge in [-0.2, -0.15) is 5.10 Å². The molecule has 0 aliphatic rings. The maximum Gasteiger partial charge on any atom is 0.271 e. The molecule has 3 aromatic carbocycles. The molecule has 3 rings (SSSR count). The van der Waals surface area contributed by atoms with Gasteiger partial charge in [0.1, 0.15) is 18.2 Å². The number of hydrogen-bond donors (Lipinski definition) is 1. The van der Waals surface area contributed by atoms with Crippen LogP contribution in [0.5, 0.6) is 17.2 Å². The van der Waals surface area contributed by atoms with Gasteiger partial charge in [0.15, 0.2) is 11.5 Å². The first-order valence-electron chi connectivity index (χ1n) is 9.23. The molecule has 0 unspecified atom stereocenters. The highest BCUT2D eigenvalue weighted by molar-refractivity contribution is 14.1. The summed E-state index contributed by atoms with van der Waals surface area (Å²) in [6.07, 6.45) is 1.49. The molecule has 0 aliphatic carbocycles. The molecule has 0 aliphatic heterocycles. The molecule has 0 saturated heterocycles. The monoisotopic (exact) mass is 534 g/mol. The van der Waals surface area contributed by atoms with Crippen molar-refractivity contribution in [2.45, 2.75) is 6.61 Å². The number of hydrogen-bond acceptors (Lipinski definition) is 5. The zero-order valence-corrected chi connectivity index (χ0v) is 19.1. The minimum absolute atomic E-state index is 0.0754. The number of methoxy groups -OCH3 is 2. The molecular formula is C23H20FIN2O4. The minimum atomic E-state index is -0.359. The maximum absolute atomic E-state index is 13.8. The highest BCUT2D eigenvalue weighted by Gasteiger charge is 2.09. The molecule has 1 amide bonds. The van der Waals surface area contributed by atoms with Crippen molar-refractivity contribution in [2.75, 3.05) is 14.2 Å². The molecule has 160 valence electrons. The standard InChI is InChI=1S/C23H20FIN2O4/c1-29-21-12-16(8-9-19(21)25)23(28)27-26-13-15-7-10-20(22(11-15)30-2)31-14-17-5-3-4-6-18(17)24/h3-13H,14H2,1-2H3,(H,27,28)/b26-13-. The van der Waals surface area contributed by atoms with Crippen LogP contribution in [0, 0.1) is 9.39 Å². The number of ether oxygens (including phenoxy) is 3. The summed E-state index contributed by atoms with van der Waals surface area (Å²) in [6, 6.07) is 16.7. The molecular weight excluding hydrogens is 514 g/mol. The van der Waals surface area contributed by atoms with Crippen molar-refractivity contribution in [3.8, 4) is 17.2 Å². The summed E-state index contributed by atoms with van der Waals surface area (Å²) in [5.74, 6) is 0.870. The highest BCUT2D eigenvalue weighted by atomic mass is 127. The molecule has 3 aromatic rings. The van der Waals surface area contributed by atoms with Crippen LogP contribution in [0.1, 0.15) is 21.5 Å². The van der Waals surface area contributed by atoms with Crippen LogP contribution in [0.2, 0.25) is 0 Å². The number of nitrogens with one attached hydrogen (secondary N) is 1. The lowest BCUT2D eigenvalue weighted by Crippen LogP contribution is -2.17. The SMILES string of the molecule is COc1cc(C(=O)N/N=C\c2ccc(OCc3ccccc3F)c(OC)c2)ccc1I. The Balaban J connectivity index is 1.64. The maximum atomic E-state index is 13.8. The Labute approximate surface area is 193 Å². The second kappa shape index (κ2) is 10.8. The van der Waals surface area contributed by atoms with E-state index in [1.165, 1.54) is 19.4 Å². The van der Waals surface area contributed by atoms with E-state index in [-0.39, 0.29) is 18.3 Å². The first-order valence-corrected chi connectivity index (χ1v) is 10.3. The van der Waals surface area contributed by atoms with Gasteiger partial charge in [-0.15, -0.1) is 0 Å². The van der Waals surface area contributed by atoms with Crippen molar-refractivity contribution in [3.63, 3.8) is 0 Å². The number of carbonyl (C=O) groups is 1. The van der Waals surface area contributed by atoms with E-state index in [1.54, 1.807) is 61.7 Å². The third-order valence-electron chi connectivity index (χ3n) is 4.32. The Hall–Kier alpha value is -3.14. The Bertz CT molecular complexity index is 1100. The Morgan fingerprint density at radius 2 is 1.81 bits per heavy atom. The lowest BCUT2D eigenvalue weighted by atomic mass is 10.2. The zero-order chi connectivity index (χ0) is 22.2. The molecule has 8 heteroatoms. The van der Waals surface area contributed by atoms with E-state index in [0.717, 1.165) is 3.57 Å². The first-order chi connectivity index (χ1) is 15.0. The zero-order valence-electron chi connectivity index (χ0n) is 16.9. The lowest BCUT2D eigenvalue weighted by Gasteiger charge is -2.11. The molecule has 0 fully saturated rings. The largest absolute Gasteiger partial charge is 0.496 e. The summed E-state index contributed by atoms with van der Waals surface area (Å²) in [4.78, 5) is 12.3. The van der Waals surface area contributed by atoms with Gasteiger partial charge in [-0.1, -0.05) is 18.2 Å². The quantitative estimate of drug-likeness (QED) is 0.257. The van der Waals surface area contributed by atoms with Gasteiger partial charge in [0.2, 0.25) is 0 Å². The van der Waals surface area contributed by atoms with Crippen LogP contribution in [0.25, 0.3) is 0 Å². The van der Waals surface area contributed by atoms with Gasteiger partial charge in [0, 0.05) is 11.1 Å². The third kappa shape index (κ3) is 5.94. The summed E-state index contributed by atoms with van der Waals surface area (Å²) >= 11 is 2.13. The van der Waals surface area contributed by atoms with Crippen LogP contribution in [0.3, 0.4) is 0 Å². The van der Waals surface area contributed by atoms with Gasteiger partial charge in [-0.3, -0.25) is 4.79 Å². The minimum Gasteiger partial charge on any atom is -0.496 e. The number of carbonyl (C=O) groups excluding carboxylic acids is 1. The number of halogens is 2. The molecule has 31 heavy (non-hydrogen) atoms. The number of hydrazone groups is 1. The molecule has 0 bridgehead atoms. The fourth-order valence-electron chi connectivity index (χ4n) is 2.69. The van der Waals surface area contributed by atoms with Crippen molar-refractivity contribution in [1.82, 2.24) is 5.43 Å². The van der Waals surface area contributed by atoms with Gasteiger partial charge in [-0.25, -0.2) is 9.82 Å². The number of amides is 1.